The van der Waals surface area contributed by atoms with Crippen molar-refractivity contribution in [3.63, 3.8) is 0 Å². The summed E-state index contributed by atoms with van der Waals surface area (Å²) in [6.45, 7) is 22.8. The average Bonchev–Trinajstić information content (AvgIpc) is 0.881. The van der Waals surface area contributed by atoms with Gasteiger partial charge in [0.05, 0.1) is 77.3 Å². The fourth-order valence-electron chi connectivity index (χ4n) is 14.8. The Kier molecular flexibility index (Phi) is 83.1. The van der Waals surface area contributed by atoms with E-state index in [-0.39, 0.29) is 48.3 Å². The second kappa shape index (κ2) is 80.1. The first-order valence-corrected chi connectivity index (χ1v) is 42.7. The van der Waals surface area contributed by atoms with Crippen molar-refractivity contribution >= 4 is 23.9 Å². The van der Waals surface area contributed by atoms with Gasteiger partial charge in [-0.05, 0) is 125 Å². The zero-order valence-corrected chi connectivity index (χ0v) is 72.6. The smallest absolute Gasteiger partial charge is 0.305 e. The van der Waals surface area contributed by atoms with Crippen molar-refractivity contribution in [2.75, 3.05) is 85.3 Å². The monoisotopic (exact) mass is 1490 g/mol. The van der Waals surface area contributed by atoms with E-state index in [0.717, 1.165) is 103 Å². The van der Waals surface area contributed by atoms with Gasteiger partial charge in [-0.25, -0.2) is 0 Å². The lowest BCUT2D eigenvalue weighted by Gasteiger charge is -2.32. The molecule has 0 aromatic heterocycles. The maximum absolute atomic E-state index is 11.1. The molecule has 0 bridgehead atoms. The molecule has 0 N–H and O–H groups in total. The van der Waals surface area contributed by atoms with Crippen molar-refractivity contribution in [3.8, 4) is 0 Å². The van der Waals surface area contributed by atoms with Gasteiger partial charge in [-0.15, -0.1) is 0 Å². The van der Waals surface area contributed by atoms with Gasteiger partial charge in [0, 0.05) is 89.0 Å². The molecule has 0 aliphatic rings. The topological polar surface area (TPSA) is 179 Å². The molecule has 0 saturated carbocycles. The Morgan fingerprint density at radius 2 is 0.394 bits per heavy atom. The molecule has 16 nitrogen and oxygen atoms in total. The molecule has 0 rings (SSSR count). The van der Waals surface area contributed by atoms with Crippen LogP contribution in [0.4, 0.5) is 0 Å². The van der Waals surface area contributed by atoms with Crippen LogP contribution in [0.25, 0.3) is 0 Å². The maximum atomic E-state index is 11.1. The standard InChI is InChI=1S/C25H50O6.C23H46O4.C21H42O3.C19H38O3/c1-9-21(27-4)24(30-7)18-23(29-6)20(3)17-19(2)22(28-5)15-13-11-10-12-14-16-25(26)31-8;1-7-8-12-15-21(25-4)19(2)18-20(3)22(26-5)16-13-10-9-11-14-17-23(24)27-6;1-5-6-7-8-10-13-16-19(2)20(23-3)17-14-11-9-12-15-18-21(22)24-4;1-5-6-7-11-14-17(2)18(21-3)15-12-9-8-10-13-16-19(20)22-4/h19-24H,9-18H2,1-8H3;19-22H,7-18H2,1-6H3;19-20H,5-18H2,1-4H3;17-18H,5-16H2,1-4H3. The van der Waals surface area contributed by atoms with Crippen LogP contribution in [-0.2, 0) is 76.0 Å². The molecule has 104 heavy (non-hydrogen) atoms. The second-order valence-electron chi connectivity index (χ2n) is 30.6. The second-order valence-corrected chi connectivity index (χ2v) is 30.6. The van der Waals surface area contributed by atoms with E-state index in [1.807, 2.05) is 35.5 Å². The van der Waals surface area contributed by atoms with Crippen LogP contribution in [0, 0.1) is 35.5 Å². The van der Waals surface area contributed by atoms with Gasteiger partial charge in [0.15, 0.2) is 0 Å². The van der Waals surface area contributed by atoms with E-state index < -0.39 is 0 Å². The number of unbranched alkanes of at least 4 members (excludes halogenated alkanes) is 26. The van der Waals surface area contributed by atoms with Gasteiger partial charge in [-0.3, -0.25) is 19.2 Å². The van der Waals surface area contributed by atoms with Crippen molar-refractivity contribution in [1.82, 2.24) is 0 Å². The summed E-state index contributed by atoms with van der Waals surface area (Å²) in [6, 6.07) is 0. The van der Waals surface area contributed by atoms with Gasteiger partial charge >= 0.3 is 23.9 Å². The summed E-state index contributed by atoms with van der Waals surface area (Å²) in [6.07, 6.45) is 56.5. The fourth-order valence-corrected chi connectivity index (χ4v) is 14.8. The third-order valence-electron chi connectivity index (χ3n) is 22.0. The molecule has 0 amide bonds. The highest BCUT2D eigenvalue weighted by molar-refractivity contribution is 5.70. The summed E-state index contributed by atoms with van der Waals surface area (Å²) in [5.74, 6) is 2.94. The first-order chi connectivity index (χ1) is 50.2. The first kappa shape index (κ1) is 108. The Balaban J connectivity index is -0.000000646. The van der Waals surface area contributed by atoms with Gasteiger partial charge in [-0.2, -0.15) is 0 Å². The Morgan fingerprint density at radius 1 is 0.202 bits per heavy atom. The molecule has 14 atom stereocenters. The van der Waals surface area contributed by atoms with Crippen LogP contribution in [0.5, 0.6) is 0 Å². The number of hydrogen-bond donors (Lipinski definition) is 0. The molecule has 0 heterocycles. The van der Waals surface area contributed by atoms with Crippen LogP contribution in [0.1, 0.15) is 377 Å². The Morgan fingerprint density at radius 3 is 0.635 bits per heavy atom. The predicted molar refractivity (Wildman–Crippen MR) is 434 cm³/mol. The molecule has 624 valence electrons. The lowest BCUT2D eigenvalue weighted by atomic mass is 9.85. The van der Waals surface area contributed by atoms with Gasteiger partial charge in [0.25, 0.3) is 0 Å². The predicted octanol–water partition coefficient (Wildman–Crippen LogP) is 23.4. The number of ether oxygens (including phenoxy) is 12. The van der Waals surface area contributed by atoms with E-state index in [0.29, 0.717) is 85.6 Å². The van der Waals surface area contributed by atoms with Crippen LogP contribution in [-0.4, -0.2) is 158 Å². The third-order valence-corrected chi connectivity index (χ3v) is 22.0. The van der Waals surface area contributed by atoms with Gasteiger partial charge in [0.2, 0.25) is 0 Å². The lowest BCUT2D eigenvalue weighted by Crippen LogP contribution is -2.36. The number of methoxy groups -OCH3 is 12. The van der Waals surface area contributed by atoms with Crippen LogP contribution in [0.2, 0.25) is 0 Å². The molecule has 0 spiro atoms. The summed E-state index contributed by atoms with van der Waals surface area (Å²) in [5, 5.41) is 0. The number of carbonyl (C=O) groups excluding carboxylic acids is 4. The zero-order chi connectivity index (χ0) is 78.8. The van der Waals surface area contributed by atoms with Crippen molar-refractivity contribution < 1.29 is 76.0 Å². The minimum Gasteiger partial charge on any atom is -0.469 e. The van der Waals surface area contributed by atoms with Crippen LogP contribution in [0.3, 0.4) is 0 Å². The average molecular weight is 1490 g/mol. The van der Waals surface area contributed by atoms with E-state index in [1.165, 1.54) is 208 Å². The molecule has 0 aromatic rings. The molecule has 14 unspecified atom stereocenters. The first-order valence-electron chi connectivity index (χ1n) is 42.7. The molecule has 0 aromatic carbocycles. The van der Waals surface area contributed by atoms with E-state index >= 15 is 0 Å². The lowest BCUT2D eigenvalue weighted by molar-refractivity contribution is -0.141. The largest absolute Gasteiger partial charge is 0.469 e. The minimum atomic E-state index is -0.110. The molecule has 0 saturated heterocycles. The van der Waals surface area contributed by atoms with Gasteiger partial charge in [-0.1, -0.05) is 255 Å². The highest BCUT2D eigenvalue weighted by atomic mass is 16.5. The van der Waals surface area contributed by atoms with Crippen molar-refractivity contribution in [3.05, 3.63) is 0 Å². The molecule has 0 aliphatic heterocycles. The summed E-state index contributed by atoms with van der Waals surface area (Å²) >= 11 is 0. The molecule has 0 radical (unpaired) electrons. The van der Waals surface area contributed by atoms with Gasteiger partial charge < -0.3 is 56.8 Å². The fraction of sp³-hybridized carbons (Fsp3) is 0.955. The number of carbonyl (C=O) groups is 4. The zero-order valence-electron chi connectivity index (χ0n) is 72.6. The number of esters is 4. The molecule has 0 fully saturated rings. The third kappa shape index (κ3) is 64.4. The maximum Gasteiger partial charge on any atom is 0.305 e. The quantitative estimate of drug-likeness (QED) is 0.0319. The Bertz CT molecular complexity index is 1800. The molecule has 0 aliphatic carbocycles. The number of hydrogen-bond acceptors (Lipinski definition) is 16. The highest BCUT2D eigenvalue weighted by Crippen LogP contribution is 2.30. The van der Waals surface area contributed by atoms with E-state index in [9.17, 15) is 19.2 Å². The summed E-state index contributed by atoms with van der Waals surface area (Å²) in [7, 11) is 20.3. The van der Waals surface area contributed by atoms with E-state index in [1.54, 1.807) is 21.3 Å². The Hall–Kier alpha value is -2.44. The molecular weight excluding hydrogens is 1310 g/mol. The van der Waals surface area contributed by atoms with Crippen molar-refractivity contribution in [2.24, 2.45) is 35.5 Å². The van der Waals surface area contributed by atoms with E-state index in [2.05, 4.69) is 88.2 Å². The van der Waals surface area contributed by atoms with Gasteiger partial charge in [0.1, 0.15) is 0 Å². The number of rotatable bonds is 70. The Labute approximate surface area is 644 Å². The highest BCUT2D eigenvalue weighted by Gasteiger charge is 2.30. The normalized spacial score (nSPS) is 15.4. The van der Waals surface area contributed by atoms with Crippen molar-refractivity contribution in [1.29, 1.82) is 0 Å². The van der Waals surface area contributed by atoms with Crippen molar-refractivity contribution in [2.45, 2.75) is 426 Å². The minimum absolute atomic E-state index is 0.0371. The SMILES string of the molecule is CCC(OC)C(CC(OC)C(C)CC(C)C(CCCCCCCC(=O)OC)OC)OC.CCCCCC(OC)C(C)CC(C)C(CCCCCCCC(=O)OC)OC.CCCCCCC(C)C(CCCCCCCC(=O)OC)OC.CCCCCCCCC(C)C(CCCCCCCC(=O)OC)OC. The summed E-state index contributed by atoms with van der Waals surface area (Å²) in [4.78, 5) is 44.2. The van der Waals surface area contributed by atoms with Crippen LogP contribution in [0.15, 0.2) is 0 Å². The summed E-state index contributed by atoms with van der Waals surface area (Å²) < 4.78 is 64.6. The van der Waals surface area contributed by atoms with Crippen LogP contribution >= 0.6 is 0 Å². The summed E-state index contributed by atoms with van der Waals surface area (Å²) in [5.41, 5.74) is 0. The molecular formula is C88H176O16. The van der Waals surface area contributed by atoms with Crippen LogP contribution < -0.4 is 0 Å². The van der Waals surface area contributed by atoms with E-state index in [4.69, 9.17) is 37.9 Å². The molecule has 16 heteroatoms.